The van der Waals surface area contributed by atoms with Crippen LogP contribution in [0.3, 0.4) is 0 Å². The van der Waals surface area contributed by atoms with E-state index < -0.39 is 0 Å². The van der Waals surface area contributed by atoms with Crippen LogP contribution in [0.5, 0.6) is 0 Å². The van der Waals surface area contributed by atoms with Crippen molar-refractivity contribution in [2.45, 2.75) is 17.7 Å². The number of benzene rings is 1. The van der Waals surface area contributed by atoms with E-state index in [-0.39, 0.29) is 0 Å². The lowest BCUT2D eigenvalue weighted by Gasteiger charge is -2.16. The summed E-state index contributed by atoms with van der Waals surface area (Å²) in [5, 5.41) is 0. The molecule has 92 valence electrons. The number of para-hydroxylation sites is 1. The molecule has 1 N–H and O–H groups in total. The Morgan fingerprint density at radius 3 is 3.11 bits per heavy atom. The van der Waals surface area contributed by atoms with Gasteiger partial charge in [0.25, 0.3) is 0 Å². The molecule has 1 aromatic rings. The van der Waals surface area contributed by atoms with Gasteiger partial charge in [-0.05, 0) is 42.7 Å². The maximum Gasteiger partial charge on any atom is 0.0989 e. The van der Waals surface area contributed by atoms with Gasteiger partial charge in [0.05, 0.1) is 9.88 Å². The summed E-state index contributed by atoms with van der Waals surface area (Å²) in [7, 11) is 0. The van der Waals surface area contributed by atoms with E-state index in [2.05, 4.69) is 41.3 Å². The third-order valence-electron chi connectivity index (χ3n) is 3.21. The molecule has 0 saturated carbocycles. The molecule has 18 heavy (non-hydrogen) atoms. The van der Waals surface area contributed by atoms with Gasteiger partial charge in [-0.15, -0.1) is 11.8 Å². The number of hydrogen-bond donors (Lipinski definition) is 1. The van der Waals surface area contributed by atoms with E-state index in [9.17, 15) is 0 Å². The average molecular weight is 291 g/mol. The molecule has 0 spiro atoms. The Kier molecular flexibility index (Phi) is 3.50. The van der Waals surface area contributed by atoms with Crippen LogP contribution in [0.4, 0.5) is 5.69 Å². The van der Waals surface area contributed by atoms with E-state index in [1.165, 1.54) is 27.3 Å². The van der Waals surface area contributed by atoms with Gasteiger partial charge in [-0.2, -0.15) is 0 Å². The molecule has 0 unspecified atom stereocenters. The van der Waals surface area contributed by atoms with Crippen LogP contribution in [0.1, 0.15) is 18.4 Å². The fourth-order valence-electron chi connectivity index (χ4n) is 2.35. The Morgan fingerprint density at radius 1 is 1.39 bits per heavy atom. The van der Waals surface area contributed by atoms with Crippen molar-refractivity contribution in [2.75, 3.05) is 11.0 Å². The van der Waals surface area contributed by atoms with Gasteiger partial charge < -0.3 is 4.72 Å². The lowest BCUT2D eigenvalue weighted by atomic mass is 9.91. The number of nitrogens with one attached hydrogen (secondary N) is 1. The standard InChI is InChI=1S/C14H13NS3/c1-17-12-8-4-7-10-9-5-2-3-6-11(9)14(16)18-15-13(10)12/h3-4,6-8,15H,2,5H2,1H3. The molecule has 1 aromatic carbocycles. The van der Waals surface area contributed by atoms with Crippen molar-refractivity contribution < 1.29 is 0 Å². The van der Waals surface area contributed by atoms with Crippen molar-refractivity contribution in [3.63, 3.8) is 0 Å². The van der Waals surface area contributed by atoms with E-state index in [0.717, 1.165) is 17.0 Å². The number of rotatable bonds is 1. The highest BCUT2D eigenvalue weighted by molar-refractivity contribution is 8.24. The maximum absolute atomic E-state index is 5.50. The zero-order chi connectivity index (χ0) is 12.5. The van der Waals surface area contributed by atoms with Crippen molar-refractivity contribution in [3.05, 3.63) is 41.5 Å². The van der Waals surface area contributed by atoms with E-state index in [0.29, 0.717) is 0 Å². The number of hydrogen-bond acceptors (Lipinski definition) is 4. The number of thioether (sulfide) groups is 1. The highest BCUT2D eigenvalue weighted by Crippen LogP contribution is 2.42. The summed E-state index contributed by atoms with van der Waals surface area (Å²) >= 11 is 8.83. The molecule has 0 fully saturated rings. The van der Waals surface area contributed by atoms with Gasteiger partial charge in [-0.1, -0.05) is 36.5 Å². The molecule has 3 rings (SSSR count). The summed E-state index contributed by atoms with van der Waals surface area (Å²) in [6.07, 6.45) is 8.70. The molecular weight excluding hydrogens is 278 g/mol. The Bertz CT molecular complexity index is 572. The van der Waals surface area contributed by atoms with Crippen LogP contribution < -0.4 is 4.72 Å². The van der Waals surface area contributed by atoms with Crippen LogP contribution in [0, 0.1) is 0 Å². The molecular formula is C14H13NS3. The Balaban J connectivity index is 2.23. The fraction of sp³-hybridized carbons (Fsp3) is 0.214. The van der Waals surface area contributed by atoms with Crippen molar-refractivity contribution in [1.82, 2.24) is 0 Å². The van der Waals surface area contributed by atoms with Crippen molar-refractivity contribution in [3.8, 4) is 0 Å². The highest BCUT2D eigenvalue weighted by Gasteiger charge is 2.22. The first-order valence-electron chi connectivity index (χ1n) is 5.85. The monoisotopic (exact) mass is 291 g/mol. The molecule has 0 saturated heterocycles. The van der Waals surface area contributed by atoms with E-state index in [1.807, 2.05) is 0 Å². The van der Waals surface area contributed by atoms with Crippen LogP contribution in [0.15, 0.2) is 40.8 Å². The molecule has 1 heterocycles. The number of allylic oxidation sites excluding steroid dienone is 3. The second-order valence-corrected chi connectivity index (χ2v) is 6.54. The summed E-state index contributed by atoms with van der Waals surface area (Å²) in [5.41, 5.74) is 5.16. The van der Waals surface area contributed by atoms with Gasteiger partial charge in [0.1, 0.15) is 0 Å². The molecule has 0 aromatic heterocycles. The molecule has 1 aliphatic heterocycles. The average Bonchev–Trinajstić information content (AvgIpc) is 2.57. The summed E-state index contributed by atoms with van der Waals surface area (Å²) in [6.45, 7) is 0. The third-order valence-corrected chi connectivity index (χ3v) is 5.17. The summed E-state index contributed by atoms with van der Waals surface area (Å²) in [4.78, 5) is 1.28. The second-order valence-electron chi connectivity index (χ2n) is 4.21. The fourth-order valence-corrected chi connectivity index (χ4v) is 4.02. The maximum atomic E-state index is 5.50. The summed E-state index contributed by atoms with van der Waals surface area (Å²) in [5.74, 6) is 0. The molecule has 1 nitrogen and oxygen atoms in total. The smallest absolute Gasteiger partial charge is 0.0989 e. The normalized spacial score (nSPS) is 17.9. The Morgan fingerprint density at radius 2 is 2.28 bits per heavy atom. The van der Waals surface area contributed by atoms with Gasteiger partial charge in [-0.3, -0.25) is 0 Å². The van der Waals surface area contributed by atoms with Gasteiger partial charge in [0, 0.05) is 16.0 Å². The molecule has 0 radical (unpaired) electrons. The molecule has 0 bridgehead atoms. The number of anilines is 1. The topological polar surface area (TPSA) is 12.0 Å². The zero-order valence-electron chi connectivity index (χ0n) is 10.0. The molecule has 0 atom stereocenters. The van der Waals surface area contributed by atoms with E-state index in [4.69, 9.17) is 12.2 Å². The number of thiocarbonyl (C=S) groups is 1. The predicted octanol–water partition coefficient (Wildman–Crippen LogP) is 4.91. The van der Waals surface area contributed by atoms with Crippen LogP contribution in [0.25, 0.3) is 5.57 Å². The van der Waals surface area contributed by atoms with Crippen LogP contribution in [-0.4, -0.2) is 10.5 Å². The SMILES string of the molecule is CSc1cccc2c1NSC(=S)C1=C2CCC=C1. The second kappa shape index (κ2) is 5.11. The quantitative estimate of drug-likeness (QED) is 0.448. The lowest BCUT2D eigenvalue weighted by Crippen LogP contribution is -1.99. The summed E-state index contributed by atoms with van der Waals surface area (Å²) in [6, 6.07) is 6.49. The molecule has 4 heteroatoms. The minimum Gasteiger partial charge on any atom is -0.323 e. The molecule has 0 amide bonds. The Labute approximate surface area is 121 Å². The first-order valence-corrected chi connectivity index (χ1v) is 8.30. The van der Waals surface area contributed by atoms with Crippen LogP contribution in [0.2, 0.25) is 0 Å². The van der Waals surface area contributed by atoms with Gasteiger partial charge in [0.15, 0.2) is 0 Å². The van der Waals surface area contributed by atoms with Crippen molar-refractivity contribution >= 4 is 51.4 Å². The first-order chi connectivity index (χ1) is 8.81. The minimum absolute atomic E-state index is 0.948. The Hall–Kier alpha value is -0.710. The molecule has 2 aliphatic rings. The van der Waals surface area contributed by atoms with Crippen molar-refractivity contribution in [1.29, 1.82) is 0 Å². The molecule has 1 aliphatic carbocycles. The van der Waals surface area contributed by atoms with Gasteiger partial charge >= 0.3 is 0 Å². The predicted molar refractivity (Wildman–Crippen MR) is 87.3 cm³/mol. The van der Waals surface area contributed by atoms with Gasteiger partial charge in [-0.25, -0.2) is 0 Å². The summed E-state index contributed by atoms with van der Waals surface area (Å²) < 4.78 is 4.38. The lowest BCUT2D eigenvalue weighted by molar-refractivity contribution is 1.05. The third kappa shape index (κ3) is 2.02. The first kappa shape index (κ1) is 12.3. The van der Waals surface area contributed by atoms with Crippen LogP contribution in [-0.2, 0) is 0 Å². The number of fused-ring (bicyclic) bond motifs is 2. The van der Waals surface area contributed by atoms with E-state index >= 15 is 0 Å². The van der Waals surface area contributed by atoms with Gasteiger partial charge in [0.2, 0.25) is 0 Å². The van der Waals surface area contributed by atoms with Crippen molar-refractivity contribution in [2.24, 2.45) is 0 Å². The minimum atomic E-state index is 0.948. The van der Waals surface area contributed by atoms with E-state index in [1.54, 1.807) is 23.7 Å². The zero-order valence-corrected chi connectivity index (χ0v) is 12.5. The van der Waals surface area contributed by atoms with Crippen LogP contribution >= 0.6 is 35.9 Å². The highest BCUT2D eigenvalue weighted by atomic mass is 32.2. The largest absolute Gasteiger partial charge is 0.323 e.